The molecule has 1 atom stereocenters. The Morgan fingerprint density at radius 1 is 1.41 bits per heavy atom. The van der Waals surface area contributed by atoms with Crippen LogP contribution in [0.3, 0.4) is 0 Å². The molecule has 1 aromatic carbocycles. The van der Waals surface area contributed by atoms with Crippen molar-refractivity contribution in [1.82, 2.24) is 0 Å². The molecule has 0 saturated heterocycles. The Labute approximate surface area is 111 Å². The first kappa shape index (κ1) is 16.5. The number of aliphatic hydroxyl groups excluding tert-OH is 1. The van der Waals surface area contributed by atoms with Crippen molar-refractivity contribution in [2.24, 2.45) is 0 Å². The average Bonchev–Trinajstić information content (AvgIpc) is 2.33. The number of thioether (sulfide) groups is 1. The number of hydrogen-bond donors (Lipinski definition) is 2. The number of rotatable bonds is 4. The van der Waals surface area contributed by atoms with Gasteiger partial charge < -0.3 is 9.83 Å². The molecule has 17 heavy (non-hydrogen) atoms. The lowest BCUT2D eigenvalue weighted by Gasteiger charge is -2.12. The van der Waals surface area contributed by atoms with Crippen LogP contribution in [-0.4, -0.2) is 21.8 Å². The zero-order chi connectivity index (χ0) is 13.4. The molecule has 1 aromatic rings. The van der Waals surface area contributed by atoms with E-state index >= 15 is 0 Å². The highest BCUT2D eigenvalue weighted by atomic mass is 32.2. The second-order valence-corrected chi connectivity index (χ2v) is 5.15. The lowest BCUT2D eigenvalue weighted by atomic mass is 10.1. The molecule has 0 aliphatic rings. The van der Waals surface area contributed by atoms with Crippen molar-refractivity contribution in [3.05, 3.63) is 23.3 Å². The highest BCUT2D eigenvalue weighted by molar-refractivity contribution is 7.98. The van der Waals surface area contributed by atoms with E-state index in [2.05, 4.69) is 4.72 Å². The molecule has 1 rings (SSSR count). The van der Waals surface area contributed by atoms with Gasteiger partial charge in [0, 0.05) is 11.2 Å². The van der Waals surface area contributed by atoms with Crippen molar-refractivity contribution in [3.63, 3.8) is 0 Å². The van der Waals surface area contributed by atoms with Crippen LogP contribution in [0.25, 0.3) is 0 Å². The largest absolute Gasteiger partial charge is 0.392 e. The van der Waals surface area contributed by atoms with Gasteiger partial charge in [-0.05, 0) is 30.4 Å². The van der Waals surface area contributed by atoms with Gasteiger partial charge in [0.2, 0.25) is 0 Å². The van der Waals surface area contributed by atoms with Gasteiger partial charge in [0.05, 0.1) is 12.3 Å². The fourth-order valence-corrected chi connectivity index (χ4v) is 2.48. The minimum absolute atomic E-state index is 0.0342. The Hall–Kier alpha value is -0.520. The fraction of sp³-hybridized carbons (Fsp3) is 0.500. The van der Waals surface area contributed by atoms with Crippen LogP contribution in [0.15, 0.2) is 17.0 Å². The molecule has 0 aromatic heterocycles. The summed E-state index contributed by atoms with van der Waals surface area (Å²) in [5, 5.41) is 9.15. The zero-order valence-electron chi connectivity index (χ0n) is 11.0. The smallest absolute Gasteiger partial charge is 0.113 e. The van der Waals surface area contributed by atoms with Gasteiger partial charge >= 0.3 is 0 Å². The topological polar surface area (TPSA) is 49.3 Å². The molecular weight excluding hydrogens is 254 g/mol. The van der Waals surface area contributed by atoms with E-state index in [-0.39, 0.29) is 6.61 Å². The molecule has 0 bridgehead atoms. The first-order chi connectivity index (χ1) is 8.08. The predicted molar refractivity (Wildman–Crippen MR) is 77.9 cm³/mol. The zero-order valence-corrected chi connectivity index (χ0v) is 12.7. The van der Waals surface area contributed by atoms with Crippen molar-refractivity contribution in [1.29, 1.82) is 0 Å². The monoisotopic (exact) mass is 275 g/mol. The van der Waals surface area contributed by atoms with Crippen LogP contribution in [-0.2, 0) is 17.6 Å². The van der Waals surface area contributed by atoms with Crippen LogP contribution in [0.5, 0.6) is 0 Å². The van der Waals surface area contributed by atoms with Gasteiger partial charge in [-0.25, -0.2) is 4.21 Å². The number of anilines is 1. The SMILES string of the molecule is CC.CSc1cc(NS(C)=O)c(C)cc1CO. The van der Waals surface area contributed by atoms with Gasteiger partial charge in [0.25, 0.3) is 0 Å². The molecule has 0 heterocycles. The van der Waals surface area contributed by atoms with Gasteiger partial charge in [-0.3, -0.25) is 0 Å². The first-order valence-corrected chi connectivity index (χ1v) is 8.25. The third kappa shape index (κ3) is 5.10. The van der Waals surface area contributed by atoms with Crippen LogP contribution < -0.4 is 4.72 Å². The number of aryl methyl sites for hydroxylation is 1. The van der Waals surface area contributed by atoms with Crippen LogP contribution >= 0.6 is 11.8 Å². The van der Waals surface area contributed by atoms with Gasteiger partial charge in [0.1, 0.15) is 11.0 Å². The second kappa shape index (κ2) is 8.55. The molecule has 0 saturated carbocycles. The first-order valence-electron chi connectivity index (χ1n) is 5.47. The lowest BCUT2D eigenvalue weighted by Crippen LogP contribution is -2.04. The summed E-state index contributed by atoms with van der Waals surface area (Å²) in [5.41, 5.74) is 2.76. The van der Waals surface area contributed by atoms with Crippen molar-refractivity contribution in [3.8, 4) is 0 Å². The van der Waals surface area contributed by atoms with E-state index in [9.17, 15) is 4.21 Å². The summed E-state index contributed by atoms with van der Waals surface area (Å²) < 4.78 is 13.9. The summed E-state index contributed by atoms with van der Waals surface area (Å²) in [6, 6.07) is 3.84. The second-order valence-electron chi connectivity index (χ2n) is 3.19. The molecule has 98 valence electrons. The molecule has 3 nitrogen and oxygen atoms in total. The molecule has 0 aliphatic heterocycles. The predicted octanol–water partition coefficient (Wildman–Crippen LogP) is 2.94. The Bertz CT molecular complexity index is 381. The van der Waals surface area contributed by atoms with E-state index in [0.717, 1.165) is 21.7 Å². The van der Waals surface area contributed by atoms with E-state index in [1.807, 2.05) is 39.2 Å². The summed E-state index contributed by atoms with van der Waals surface area (Å²) in [6.07, 6.45) is 3.55. The van der Waals surface area contributed by atoms with Crippen LogP contribution in [0.2, 0.25) is 0 Å². The summed E-state index contributed by atoms with van der Waals surface area (Å²) in [4.78, 5) is 1.01. The standard InChI is InChI=1S/C10H15NO2S2.C2H6/c1-7-4-8(6-12)10(14-2)5-9(7)11-15(3)13;1-2/h4-5,11-12H,6H2,1-3H3;1-2H3. The van der Waals surface area contributed by atoms with Gasteiger partial charge in [0.15, 0.2) is 0 Å². The summed E-state index contributed by atoms with van der Waals surface area (Å²) in [6.45, 7) is 5.96. The van der Waals surface area contributed by atoms with Gasteiger partial charge in [-0.2, -0.15) is 0 Å². The Morgan fingerprint density at radius 2 is 2.00 bits per heavy atom. The number of hydrogen-bond acceptors (Lipinski definition) is 3. The van der Waals surface area contributed by atoms with E-state index < -0.39 is 11.0 Å². The number of benzene rings is 1. The minimum Gasteiger partial charge on any atom is -0.392 e. The molecule has 0 amide bonds. The average molecular weight is 275 g/mol. The van der Waals surface area contributed by atoms with E-state index in [1.54, 1.807) is 18.0 Å². The third-order valence-electron chi connectivity index (χ3n) is 2.05. The third-order valence-corrected chi connectivity index (χ3v) is 3.38. The maximum atomic E-state index is 11.1. The minimum atomic E-state index is -1.07. The highest BCUT2D eigenvalue weighted by Crippen LogP contribution is 2.27. The molecule has 0 aliphatic carbocycles. The molecule has 0 spiro atoms. The van der Waals surface area contributed by atoms with E-state index in [1.165, 1.54) is 0 Å². The Kier molecular flexibility index (Phi) is 8.29. The van der Waals surface area contributed by atoms with Crippen molar-refractivity contribution in [2.75, 3.05) is 17.2 Å². The number of nitrogens with one attached hydrogen (secondary N) is 1. The summed E-state index contributed by atoms with van der Waals surface area (Å²) in [7, 11) is -1.07. The maximum absolute atomic E-state index is 11.1. The van der Waals surface area contributed by atoms with Crippen LogP contribution in [0.1, 0.15) is 25.0 Å². The Balaban J connectivity index is 0.00000121. The van der Waals surface area contributed by atoms with Crippen LogP contribution in [0.4, 0.5) is 5.69 Å². The number of aliphatic hydroxyl groups is 1. The lowest BCUT2D eigenvalue weighted by molar-refractivity contribution is 0.279. The van der Waals surface area contributed by atoms with Crippen molar-refractivity contribution < 1.29 is 9.32 Å². The highest BCUT2D eigenvalue weighted by Gasteiger charge is 2.06. The fourth-order valence-electron chi connectivity index (χ4n) is 1.33. The van der Waals surface area contributed by atoms with Crippen LogP contribution in [0, 0.1) is 6.92 Å². The molecular formula is C12H21NO2S2. The normalized spacial score (nSPS) is 11.4. The summed E-state index contributed by atoms with van der Waals surface area (Å²) >= 11 is 1.57. The van der Waals surface area contributed by atoms with Gasteiger partial charge in [-0.1, -0.05) is 19.9 Å². The quantitative estimate of drug-likeness (QED) is 0.831. The Morgan fingerprint density at radius 3 is 2.41 bits per heavy atom. The molecule has 2 N–H and O–H groups in total. The molecule has 1 unspecified atom stereocenters. The summed E-state index contributed by atoms with van der Waals surface area (Å²) in [5.74, 6) is 0. The molecule has 5 heteroatoms. The maximum Gasteiger partial charge on any atom is 0.113 e. The van der Waals surface area contributed by atoms with Crippen molar-refractivity contribution >= 4 is 28.4 Å². The van der Waals surface area contributed by atoms with E-state index in [4.69, 9.17) is 5.11 Å². The van der Waals surface area contributed by atoms with E-state index in [0.29, 0.717) is 0 Å². The van der Waals surface area contributed by atoms with Gasteiger partial charge in [-0.15, -0.1) is 11.8 Å². The van der Waals surface area contributed by atoms with Crippen molar-refractivity contribution in [2.45, 2.75) is 32.3 Å². The molecule has 0 fully saturated rings. The molecule has 0 radical (unpaired) electrons.